The maximum absolute atomic E-state index is 8.41. The van der Waals surface area contributed by atoms with Crippen LogP contribution in [0.15, 0.2) is 6.20 Å². The fraction of sp³-hybridized carbons (Fsp3) is 0.556. The van der Waals surface area contributed by atoms with E-state index in [0.717, 1.165) is 17.9 Å². The van der Waals surface area contributed by atoms with E-state index >= 15 is 0 Å². The summed E-state index contributed by atoms with van der Waals surface area (Å²) in [5.41, 5.74) is 0.910. The topological polar surface area (TPSA) is 52.5 Å². The number of nitrogens with zero attached hydrogens (tertiary/aromatic N) is 2. The highest BCUT2D eigenvalue weighted by Crippen LogP contribution is 2.04. The first-order chi connectivity index (χ1) is 5.72. The minimum atomic E-state index is 0.422. The lowest BCUT2D eigenvalue weighted by Gasteiger charge is -1.98. The Balaban J connectivity index is 2.59. The number of rotatable bonds is 3. The number of imidazole rings is 1. The maximum atomic E-state index is 8.41. The molecular formula is C9H13N3. The van der Waals surface area contributed by atoms with Gasteiger partial charge in [0.15, 0.2) is 0 Å². The number of aromatic amines is 1. The van der Waals surface area contributed by atoms with Gasteiger partial charge < -0.3 is 4.98 Å². The molecule has 3 nitrogen and oxygen atoms in total. The predicted octanol–water partition coefficient (Wildman–Crippen LogP) is 1.67. The van der Waals surface area contributed by atoms with Gasteiger partial charge in [0.2, 0.25) is 0 Å². The predicted molar refractivity (Wildman–Crippen MR) is 46.4 cm³/mol. The van der Waals surface area contributed by atoms with Crippen LogP contribution in [0.1, 0.15) is 25.4 Å². The molecule has 0 radical (unpaired) electrons. The van der Waals surface area contributed by atoms with Crippen molar-refractivity contribution in [3.05, 3.63) is 17.7 Å². The Hall–Kier alpha value is -1.30. The van der Waals surface area contributed by atoms with E-state index in [2.05, 4.69) is 29.9 Å². The molecule has 3 heteroatoms. The largest absolute Gasteiger partial charge is 0.345 e. The second kappa shape index (κ2) is 3.91. The number of hydrogen-bond donors (Lipinski definition) is 1. The Kier molecular flexibility index (Phi) is 2.87. The molecule has 0 aliphatic carbocycles. The molecule has 0 amide bonds. The third-order valence-electron chi connectivity index (χ3n) is 1.55. The number of nitriles is 1. The molecular weight excluding hydrogens is 150 g/mol. The molecule has 0 saturated carbocycles. The molecule has 1 heterocycles. The molecule has 1 aromatic heterocycles. The molecule has 0 saturated heterocycles. The van der Waals surface area contributed by atoms with Crippen LogP contribution in [0.25, 0.3) is 0 Å². The van der Waals surface area contributed by atoms with Crippen molar-refractivity contribution < 1.29 is 0 Å². The van der Waals surface area contributed by atoms with E-state index in [9.17, 15) is 0 Å². The van der Waals surface area contributed by atoms with Crippen molar-refractivity contribution in [1.82, 2.24) is 9.97 Å². The van der Waals surface area contributed by atoms with Gasteiger partial charge in [0.1, 0.15) is 5.82 Å². The zero-order valence-electron chi connectivity index (χ0n) is 7.46. The summed E-state index contributed by atoms with van der Waals surface area (Å²) in [5, 5.41) is 8.41. The molecule has 0 spiro atoms. The van der Waals surface area contributed by atoms with Gasteiger partial charge in [-0.05, 0) is 5.92 Å². The Morgan fingerprint density at radius 3 is 3.00 bits per heavy atom. The van der Waals surface area contributed by atoms with Gasteiger partial charge in [-0.2, -0.15) is 5.26 Å². The molecule has 0 aliphatic heterocycles. The second-order valence-electron chi connectivity index (χ2n) is 3.29. The summed E-state index contributed by atoms with van der Waals surface area (Å²) in [6.07, 6.45) is 3.11. The van der Waals surface area contributed by atoms with Gasteiger partial charge in [0.25, 0.3) is 0 Å². The van der Waals surface area contributed by atoms with Crippen molar-refractivity contribution in [1.29, 1.82) is 5.26 Å². The fourth-order valence-electron chi connectivity index (χ4n) is 1.07. The molecule has 1 rings (SSSR count). The summed E-state index contributed by atoms with van der Waals surface area (Å²) in [5.74, 6) is 1.58. The zero-order chi connectivity index (χ0) is 8.97. The van der Waals surface area contributed by atoms with Crippen LogP contribution in [0.4, 0.5) is 0 Å². The van der Waals surface area contributed by atoms with Crippen LogP contribution in [-0.2, 0) is 12.8 Å². The minimum absolute atomic E-state index is 0.422. The first kappa shape index (κ1) is 8.79. The molecule has 12 heavy (non-hydrogen) atoms. The third-order valence-corrected chi connectivity index (χ3v) is 1.55. The van der Waals surface area contributed by atoms with E-state index in [4.69, 9.17) is 5.26 Å². The Morgan fingerprint density at radius 1 is 1.67 bits per heavy atom. The van der Waals surface area contributed by atoms with Gasteiger partial charge in [0, 0.05) is 18.3 Å². The number of aromatic nitrogens is 2. The van der Waals surface area contributed by atoms with Crippen molar-refractivity contribution in [3.63, 3.8) is 0 Å². The first-order valence-electron chi connectivity index (χ1n) is 4.12. The number of H-pyrrole nitrogens is 1. The minimum Gasteiger partial charge on any atom is -0.345 e. The standard InChI is InChI=1S/C9H13N3/c1-7(2)5-9-11-6-8(12-9)3-4-10/h6-7H,3,5H2,1-2H3,(H,11,12). The molecule has 0 atom stereocenters. The summed E-state index contributed by atoms with van der Waals surface area (Å²) >= 11 is 0. The van der Waals surface area contributed by atoms with E-state index < -0.39 is 0 Å². The molecule has 1 N–H and O–H groups in total. The lowest BCUT2D eigenvalue weighted by molar-refractivity contribution is 0.625. The maximum Gasteiger partial charge on any atom is 0.106 e. The van der Waals surface area contributed by atoms with Gasteiger partial charge in [-0.3, -0.25) is 0 Å². The number of nitrogens with one attached hydrogen (secondary N) is 1. The van der Waals surface area contributed by atoms with E-state index in [1.54, 1.807) is 6.20 Å². The van der Waals surface area contributed by atoms with Gasteiger partial charge in [-0.15, -0.1) is 0 Å². The monoisotopic (exact) mass is 163 g/mol. The van der Waals surface area contributed by atoms with Crippen molar-refractivity contribution in [2.75, 3.05) is 0 Å². The Bertz CT molecular complexity index is 280. The molecule has 0 bridgehead atoms. The summed E-state index contributed by atoms with van der Waals surface area (Å²) in [6, 6.07) is 2.08. The lowest BCUT2D eigenvalue weighted by atomic mass is 10.1. The third kappa shape index (κ3) is 2.39. The highest BCUT2D eigenvalue weighted by molar-refractivity contribution is 5.06. The Morgan fingerprint density at radius 2 is 2.42 bits per heavy atom. The highest BCUT2D eigenvalue weighted by atomic mass is 14.9. The zero-order valence-corrected chi connectivity index (χ0v) is 7.46. The average molecular weight is 163 g/mol. The van der Waals surface area contributed by atoms with Gasteiger partial charge in [0.05, 0.1) is 12.5 Å². The Labute approximate surface area is 72.4 Å². The lowest BCUT2D eigenvalue weighted by Crippen LogP contribution is -1.96. The SMILES string of the molecule is CC(C)Cc1ncc(CC#N)[nH]1. The molecule has 1 aromatic rings. The van der Waals surface area contributed by atoms with Crippen LogP contribution in [0, 0.1) is 17.2 Å². The van der Waals surface area contributed by atoms with Crippen molar-refractivity contribution in [3.8, 4) is 6.07 Å². The second-order valence-corrected chi connectivity index (χ2v) is 3.29. The average Bonchev–Trinajstić information content (AvgIpc) is 2.36. The number of hydrogen-bond acceptors (Lipinski definition) is 2. The summed E-state index contributed by atoms with van der Waals surface area (Å²) in [6.45, 7) is 4.29. The van der Waals surface area contributed by atoms with Crippen LogP contribution >= 0.6 is 0 Å². The molecule has 0 aromatic carbocycles. The molecule has 0 aliphatic rings. The summed E-state index contributed by atoms with van der Waals surface area (Å²) in [4.78, 5) is 7.28. The van der Waals surface area contributed by atoms with Gasteiger partial charge in [-0.25, -0.2) is 4.98 Å². The molecule has 0 fully saturated rings. The van der Waals surface area contributed by atoms with E-state index in [-0.39, 0.29) is 0 Å². The summed E-state index contributed by atoms with van der Waals surface area (Å²) in [7, 11) is 0. The quantitative estimate of drug-likeness (QED) is 0.737. The van der Waals surface area contributed by atoms with Crippen LogP contribution in [0.3, 0.4) is 0 Å². The first-order valence-corrected chi connectivity index (χ1v) is 4.12. The fourth-order valence-corrected chi connectivity index (χ4v) is 1.07. The summed E-state index contributed by atoms with van der Waals surface area (Å²) < 4.78 is 0. The smallest absolute Gasteiger partial charge is 0.106 e. The normalized spacial score (nSPS) is 10.2. The van der Waals surface area contributed by atoms with Crippen molar-refractivity contribution >= 4 is 0 Å². The van der Waals surface area contributed by atoms with Crippen LogP contribution in [-0.4, -0.2) is 9.97 Å². The molecule has 0 unspecified atom stereocenters. The van der Waals surface area contributed by atoms with Crippen molar-refractivity contribution in [2.45, 2.75) is 26.7 Å². The van der Waals surface area contributed by atoms with Crippen molar-refractivity contribution in [2.24, 2.45) is 5.92 Å². The van der Waals surface area contributed by atoms with E-state index in [0.29, 0.717) is 12.3 Å². The van der Waals surface area contributed by atoms with Crippen LogP contribution < -0.4 is 0 Å². The van der Waals surface area contributed by atoms with Gasteiger partial charge >= 0.3 is 0 Å². The van der Waals surface area contributed by atoms with Crippen LogP contribution in [0.5, 0.6) is 0 Å². The van der Waals surface area contributed by atoms with Crippen LogP contribution in [0.2, 0.25) is 0 Å². The highest BCUT2D eigenvalue weighted by Gasteiger charge is 2.01. The molecule has 64 valence electrons. The van der Waals surface area contributed by atoms with Gasteiger partial charge in [-0.1, -0.05) is 13.8 Å². The van der Waals surface area contributed by atoms with E-state index in [1.807, 2.05) is 0 Å². The van der Waals surface area contributed by atoms with E-state index in [1.165, 1.54) is 0 Å².